The molecule has 0 bridgehead atoms. The topological polar surface area (TPSA) is 29.2 Å². The van der Waals surface area contributed by atoms with Gasteiger partial charge in [0.1, 0.15) is 7.05 Å². The van der Waals surface area contributed by atoms with Crippen LogP contribution in [0.2, 0.25) is 0 Å². The van der Waals surface area contributed by atoms with Crippen LogP contribution in [-0.4, -0.2) is 52.0 Å². The number of nitrogens with zero attached hydrogens (tertiary/aromatic N) is 1. The molecule has 0 spiro atoms. The average Bonchev–Trinajstić information content (AvgIpc) is 2.64. The third kappa shape index (κ3) is 10.9. The summed E-state index contributed by atoms with van der Waals surface area (Å²) in [6.07, 6.45) is 14.1. The first-order valence-corrected chi connectivity index (χ1v) is 11.0. The molecule has 0 heterocycles. The van der Waals surface area contributed by atoms with Gasteiger partial charge in [-0.2, -0.15) is 0 Å². The van der Waals surface area contributed by atoms with E-state index in [1.165, 1.54) is 11.3 Å². The zero-order valence-corrected chi connectivity index (χ0v) is 17.1. The summed E-state index contributed by atoms with van der Waals surface area (Å²) >= 11 is 0. The van der Waals surface area contributed by atoms with Crippen molar-refractivity contribution in [3.8, 4) is 0 Å². The van der Waals surface area contributed by atoms with Gasteiger partial charge in [0, 0.05) is 43.4 Å². The lowest BCUT2D eigenvalue weighted by Gasteiger charge is -2.19. The van der Waals surface area contributed by atoms with Gasteiger partial charge in [0.25, 0.3) is 0 Å². The van der Waals surface area contributed by atoms with Crippen molar-refractivity contribution in [2.24, 2.45) is 0 Å². The molecule has 1 aromatic rings. The Kier molecular flexibility index (Phi) is 12.9. The minimum Gasteiger partial charge on any atom is -0.374 e. The Hall–Kier alpha value is -1.43. The Labute approximate surface area is 160 Å². The van der Waals surface area contributed by atoms with Crippen molar-refractivity contribution < 1.29 is 4.99 Å². The fourth-order valence-electron chi connectivity index (χ4n) is 1.92. The largest absolute Gasteiger partial charge is 0.374 e. The van der Waals surface area contributed by atoms with E-state index >= 15 is 0 Å². The van der Waals surface area contributed by atoms with Crippen molar-refractivity contribution >= 4 is 39.6 Å². The Morgan fingerprint density at radius 2 is 1.68 bits per heavy atom. The fourth-order valence-corrected chi connectivity index (χ4v) is 3.97. The number of allylic oxidation sites excluding steroid dienone is 5. The molecule has 0 unspecified atom stereocenters. The number of hydrogen-bond acceptors (Lipinski definition) is 4. The standard InChI is InChI=1S/C20H29N3S2/c1-21-14-8-6-4-5-7-9-19-10-12-20(13-11-19)23(3)16-18-25-24-17-15-22-2/h4-14,22H,15-18H2,1-3H3/p+1/b5-4+,8-6-,9-7+,21-14?. The van der Waals surface area contributed by atoms with E-state index in [4.69, 9.17) is 0 Å². The molecule has 0 fully saturated rings. The first kappa shape index (κ1) is 21.6. The molecule has 3 nitrogen and oxygen atoms in total. The summed E-state index contributed by atoms with van der Waals surface area (Å²) in [6, 6.07) is 8.69. The number of nitrogens with one attached hydrogen (secondary N) is 2. The van der Waals surface area contributed by atoms with Crippen LogP contribution in [0, 0.1) is 0 Å². The van der Waals surface area contributed by atoms with Crippen molar-refractivity contribution in [2.45, 2.75) is 0 Å². The molecule has 0 atom stereocenters. The van der Waals surface area contributed by atoms with Crippen molar-refractivity contribution in [3.63, 3.8) is 0 Å². The van der Waals surface area contributed by atoms with Crippen LogP contribution in [0.1, 0.15) is 5.56 Å². The van der Waals surface area contributed by atoms with Gasteiger partial charge >= 0.3 is 0 Å². The van der Waals surface area contributed by atoms with Gasteiger partial charge in [0.05, 0.1) is 0 Å². The minimum atomic E-state index is 1.06. The molecule has 0 radical (unpaired) electrons. The SMILES string of the molecule is CNCCSSCCN(C)c1ccc(/C=C/C=C/C=C\C=[NH+]C)cc1. The van der Waals surface area contributed by atoms with Gasteiger partial charge in [-0.15, -0.1) is 0 Å². The van der Waals surface area contributed by atoms with E-state index in [-0.39, 0.29) is 0 Å². The summed E-state index contributed by atoms with van der Waals surface area (Å²) in [5, 5.41) is 3.17. The van der Waals surface area contributed by atoms with E-state index in [0.717, 1.165) is 24.6 Å². The van der Waals surface area contributed by atoms with Crippen molar-refractivity contribution in [3.05, 3.63) is 60.2 Å². The minimum absolute atomic E-state index is 1.06. The highest BCUT2D eigenvalue weighted by Crippen LogP contribution is 2.21. The summed E-state index contributed by atoms with van der Waals surface area (Å²) in [6.45, 7) is 2.13. The van der Waals surface area contributed by atoms with Crippen LogP contribution >= 0.6 is 21.6 Å². The van der Waals surface area contributed by atoms with Gasteiger partial charge in [-0.1, -0.05) is 64.1 Å². The maximum absolute atomic E-state index is 3.17. The smallest absolute Gasteiger partial charge is 0.161 e. The van der Waals surface area contributed by atoms with E-state index in [9.17, 15) is 0 Å². The molecular formula is C20H30N3S2+. The van der Waals surface area contributed by atoms with Gasteiger partial charge in [0.2, 0.25) is 0 Å². The molecule has 0 saturated heterocycles. The third-order valence-corrected chi connectivity index (χ3v) is 5.75. The summed E-state index contributed by atoms with van der Waals surface area (Å²) in [7, 11) is 9.92. The lowest BCUT2D eigenvalue weighted by molar-refractivity contribution is -0.413. The molecular weight excluding hydrogens is 346 g/mol. The summed E-state index contributed by atoms with van der Waals surface area (Å²) < 4.78 is 0. The molecule has 1 rings (SSSR count). The average molecular weight is 377 g/mol. The van der Waals surface area contributed by atoms with E-state index in [1.807, 2.05) is 66.2 Å². The van der Waals surface area contributed by atoms with Crippen LogP contribution in [0.5, 0.6) is 0 Å². The Morgan fingerprint density at radius 3 is 2.40 bits per heavy atom. The van der Waals surface area contributed by atoms with Crippen LogP contribution in [0.3, 0.4) is 0 Å². The second-order valence-electron chi connectivity index (χ2n) is 5.34. The highest BCUT2D eigenvalue weighted by Gasteiger charge is 2.00. The van der Waals surface area contributed by atoms with E-state index in [1.54, 1.807) is 0 Å². The number of benzene rings is 1. The van der Waals surface area contributed by atoms with E-state index < -0.39 is 0 Å². The highest BCUT2D eigenvalue weighted by atomic mass is 33.1. The van der Waals surface area contributed by atoms with Crippen molar-refractivity contribution in [2.75, 3.05) is 50.6 Å². The van der Waals surface area contributed by atoms with Gasteiger partial charge < -0.3 is 10.2 Å². The normalized spacial score (nSPS) is 12.3. The number of hydrogen-bond donors (Lipinski definition) is 2. The van der Waals surface area contributed by atoms with Crippen molar-refractivity contribution in [1.29, 1.82) is 0 Å². The van der Waals surface area contributed by atoms with Crippen LogP contribution in [0.15, 0.2) is 54.6 Å². The molecule has 5 heteroatoms. The molecule has 136 valence electrons. The molecule has 0 aliphatic carbocycles. The second kappa shape index (κ2) is 14.9. The van der Waals surface area contributed by atoms with E-state index in [2.05, 4.69) is 58.7 Å². The first-order valence-electron chi connectivity index (χ1n) is 8.48. The quantitative estimate of drug-likeness (QED) is 0.254. The molecule has 0 saturated carbocycles. The lowest BCUT2D eigenvalue weighted by atomic mass is 10.2. The fraction of sp³-hybridized carbons (Fsp3) is 0.350. The summed E-state index contributed by atoms with van der Waals surface area (Å²) in [5.74, 6) is 2.29. The molecule has 0 aliphatic rings. The molecule has 2 N–H and O–H groups in total. The van der Waals surface area contributed by atoms with Crippen LogP contribution < -0.4 is 15.2 Å². The monoisotopic (exact) mass is 376 g/mol. The van der Waals surface area contributed by atoms with Gasteiger partial charge in [-0.25, -0.2) is 0 Å². The Morgan fingerprint density at radius 1 is 1.00 bits per heavy atom. The summed E-state index contributed by atoms with van der Waals surface area (Å²) in [5.41, 5.74) is 2.48. The Bertz CT molecular complexity index is 563. The molecule has 0 amide bonds. The number of rotatable bonds is 12. The van der Waals surface area contributed by atoms with Crippen molar-refractivity contribution in [1.82, 2.24) is 5.32 Å². The third-order valence-electron chi connectivity index (χ3n) is 3.36. The van der Waals surface area contributed by atoms with Crippen LogP contribution in [0.4, 0.5) is 5.69 Å². The van der Waals surface area contributed by atoms with Crippen LogP contribution in [-0.2, 0) is 0 Å². The highest BCUT2D eigenvalue weighted by molar-refractivity contribution is 8.76. The summed E-state index contributed by atoms with van der Waals surface area (Å²) in [4.78, 5) is 5.26. The lowest BCUT2D eigenvalue weighted by Crippen LogP contribution is -2.62. The molecule has 1 aromatic carbocycles. The molecule has 0 aliphatic heterocycles. The Balaban J connectivity index is 2.34. The first-order chi connectivity index (χ1) is 12.3. The predicted octanol–water partition coefficient (Wildman–Crippen LogP) is 2.63. The van der Waals surface area contributed by atoms with E-state index in [0.29, 0.717) is 0 Å². The van der Waals surface area contributed by atoms with Gasteiger partial charge in [-0.05, 0) is 24.7 Å². The maximum Gasteiger partial charge on any atom is 0.161 e. The van der Waals surface area contributed by atoms with Gasteiger partial charge in [-0.3, -0.25) is 4.99 Å². The zero-order valence-electron chi connectivity index (χ0n) is 15.4. The predicted molar refractivity (Wildman–Crippen MR) is 119 cm³/mol. The molecule has 0 aromatic heterocycles. The number of anilines is 1. The zero-order chi connectivity index (χ0) is 18.2. The maximum atomic E-state index is 3.17. The molecule has 25 heavy (non-hydrogen) atoms. The second-order valence-corrected chi connectivity index (χ2v) is 8.05. The van der Waals surface area contributed by atoms with Gasteiger partial charge in [0.15, 0.2) is 6.21 Å². The van der Waals surface area contributed by atoms with Crippen LogP contribution in [0.25, 0.3) is 6.08 Å².